The van der Waals surface area contributed by atoms with Crippen molar-refractivity contribution in [2.75, 3.05) is 38.1 Å². The zero-order chi connectivity index (χ0) is 17.4. The molecule has 6 heteroatoms. The lowest BCUT2D eigenvalue weighted by molar-refractivity contribution is 0.312. The molecule has 0 unspecified atom stereocenters. The van der Waals surface area contributed by atoms with Crippen molar-refractivity contribution >= 4 is 28.3 Å². The van der Waals surface area contributed by atoms with Gasteiger partial charge in [0.1, 0.15) is 11.6 Å². The van der Waals surface area contributed by atoms with E-state index in [1.165, 1.54) is 0 Å². The molecule has 1 fully saturated rings. The van der Waals surface area contributed by atoms with Crippen LogP contribution in [0.4, 0.5) is 5.82 Å². The van der Waals surface area contributed by atoms with Gasteiger partial charge in [-0.25, -0.2) is 9.97 Å². The molecule has 0 aliphatic carbocycles. The number of aromatic nitrogens is 2. The molecule has 128 valence electrons. The number of phenols is 1. The Morgan fingerprint density at radius 1 is 1.00 bits per heavy atom. The van der Waals surface area contributed by atoms with Gasteiger partial charge in [-0.15, -0.1) is 0 Å². The number of likely N-dealkylation sites (N-methyl/N-ethyl adjacent to an activating group) is 1. The fraction of sp³-hybridized carbons (Fsp3) is 0.263. The summed E-state index contributed by atoms with van der Waals surface area (Å²) in [7, 11) is 2.12. The van der Waals surface area contributed by atoms with Gasteiger partial charge in [-0.2, -0.15) is 0 Å². The van der Waals surface area contributed by atoms with Crippen LogP contribution in [0.1, 0.15) is 0 Å². The number of benzene rings is 2. The molecule has 25 heavy (non-hydrogen) atoms. The van der Waals surface area contributed by atoms with Gasteiger partial charge in [-0.3, -0.25) is 0 Å². The third-order valence-electron chi connectivity index (χ3n) is 4.59. The van der Waals surface area contributed by atoms with Crippen LogP contribution >= 0.6 is 11.6 Å². The van der Waals surface area contributed by atoms with E-state index in [0.717, 1.165) is 42.9 Å². The highest BCUT2D eigenvalue weighted by molar-refractivity contribution is 6.31. The first kappa shape index (κ1) is 16.1. The molecule has 0 amide bonds. The SMILES string of the molecule is CN1CCN(c2nc(-c3ccccc3O)nc3ccc(Cl)cc23)CC1. The molecule has 0 radical (unpaired) electrons. The van der Waals surface area contributed by atoms with Crippen LogP contribution < -0.4 is 4.90 Å². The fourth-order valence-corrected chi connectivity index (χ4v) is 3.30. The van der Waals surface area contributed by atoms with E-state index in [9.17, 15) is 5.11 Å². The molecule has 1 aromatic heterocycles. The predicted octanol–water partition coefficient (Wildman–Crippen LogP) is 3.41. The van der Waals surface area contributed by atoms with Crippen LogP contribution in [0.2, 0.25) is 5.02 Å². The normalized spacial score (nSPS) is 15.7. The number of anilines is 1. The number of fused-ring (bicyclic) bond motifs is 1. The molecule has 0 bridgehead atoms. The minimum Gasteiger partial charge on any atom is -0.507 e. The van der Waals surface area contributed by atoms with E-state index < -0.39 is 0 Å². The number of aromatic hydroxyl groups is 1. The van der Waals surface area contributed by atoms with Gasteiger partial charge < -0.3 is 14.9 Å². The van der Waals surface area contributed by atoms with Crippen LogP contribution in [0.5, 0.6) is 5.75 Å². The second-order valence-electron chi connectivity index (χ2n) is 6.34. The Kier molecular flexibility index (Phi) is 4.19. The number of hydrogen-bond donors (Lipinski definition) is 1. The van der Waals surface area contributed by atoms with Crippen LogP contribution in [0.15, 0.2) is 42.5 Å². The fourth-order valence-electron chi connectivity index (χ4n) is 3.13. The Morgan fingerprint density at radius 3 is 2.52 bits per heavy atom. The smallest absolute Gasteiger partial charge is 0.165 e. The molecule has 4 rings (SSSR count). The van der Waals surface area contributed by atoms with Crippen LogP contribution in [0.25, 0.3) is 22.3 Å². The molecule has 1 saturated heterocycles. The number of hydrogen-bond acceptors (Lipinski definition) is 5. The summed E-state index contributed by atoms with van der Waals surface area (Å²) in [4.78, 5) is 14.0. The van der Waals surface area contributed by atoms with Crippen LogP contribution in [-0.2, 0) is 0 Å². The molecule has 2 aromatic carbocycles. The summed E-state index contributed by atoms with van der Waals surface area (Å²) < 4.78 is 0. The van der Waals surface area contributed by atoms with Gasteiger partial charge in [-0.05, 0) is 37.4 Å². The van der Waals surface area contributed by atoms with E-state index in [-0.39, 0.29) is 5.75 Å². The summed E-state index contributed by atoms with van der Waals surface area (Å²) in [6.07, 6.45) is 0. The molecule has 1 N–H and O–H groups in total. The maximum absolute atomic E-state index is 10.2. The third-order valence-corrected chi connectivity index (χ3v) is 4.82. The standard InChI is InChI=1S/C19H19ClN4O/c1-23-8-10-24(11-9-23)19-15-12-13(20)6-7-16(15)21-18(22-19)14-4-2-3-5-17(14)25/h2-7,12,25H,8-11H2,1H3. The van der Waals surface area contributed by atoms with Gasteiger partial charge in [0.25, 0.3) is 0 Å². The summed E-state index contributed by atoms with van der Waals surface area (Å²) in [5, 5.41) is 11.8. The van der Waals surface area contributed by atoms with Crippen molar-refractivity contribution in [1.29, 1.82) is 0 Å². The van der Waals surface area contributed by atoms with Crippen LogP contribution in [-0.4, -0.2) is 53.2 Å². The van der Waals surface area contributed by atoms with Gasteiger partial charge in [0, 0.05) is 36.6 Å². The molecule has 2 heterocycles. The van der Waals surface area contributed by atoms with Crippen molar-refractivity contribution in [3.63, 3.8) is 0 Å². The molecule has 0 spiro atoms. The second kappa shape index (κ2) is 6.50. The van der Waals surface area contributed by atoms with Crippen molar-refractivity contribution in [2.24, 2.45) is 0 Å². The first-order chi connectivity index (χ1) is 12.1. The lowest BCUT2D eigenvalue weighted by Gasteiger charge is -2.34. The van der Waals surface area contributed by atoms with Gasteiger partial charge in [0.05, 0.1) is 11.1 Å². The highest BCUT2D eigenvalue weighted by atomic mass is 35.5. The number of nitrogens with zero attached hydrogens (tertiary/aromatic N) is 4. The first-order valence-electron chi connectivity index (χ1n) is 8.31. The lowest BCUT2D eigenvalue weighted by Crippen LogP contribution is -2.45. The molecule has 3 aromatic rings. The van der Waals surface area contributed by atoms with E-state index in [2.05, 4.69) is 21.8 Å². The van der Waals surface area contributed by atoms with E-state index in [1.807, 2.05) is 30.3 Å². The first-order valence-corrected chi connectivity index (χ1v) is 8.69. The molecular weight excluding hydrogens is 336 g/mol. The minimum absolute atomic E-state index is 0.181. The zero-order valence-corrected chi connectivity index (χ0v) is 14.7. The van der Waals surface area contributed by atoms with E-state index in [0.29, 0.717) is 16.4 Å². The Morgan fingerprint density at radius 2 is 1.76 bits per heavy atom. The quantitative estimate of drug-likeness (QED) is 0.764. The molecule has 1 aliphatic heterocycles. The number of piperazine rings is 1. The van der Waals surface area contributed by atoms with Gasteiger partial charge in [0.15, 0.2) is 5.82 Å². The Bertz CT molecular complexity index is 922. The monoisotopic (exact) mass is 354 g/mol. The molecular formula is C19H19ClN4O. The largest absolute Gasteiger partial charge is 0.507 e. The molecule has 0 saturated carbocycles. The van der Waals surface area contributed by atoms with Crippen molar-refractivity contribution in [3.05, 3.63) is 47.5 Å². The summed E-state index contributed by atoms with van der Waals surface area (Å²) in [5.74, 6) is 1.58. The topological polar surface area (TPSA) is 52.5 Å². The summed E-state index contributed by atoms with van der Waals surface area (Å²) in [6.45, 7) is 3.76. The average Bonchev–Trinajstić information content (AvgIpc) is 2.62. The number of phenolic OH excluding ortho intramolecular Hbond substituents is 1. The van der Waals surface area contributed by atoms with Gasteiger partial charge >= 0.3 is 0 Å². The van der Waals surface area contributed by atoms with E-state index in [4.69, 9.17) is 16.6 Å². The summed E-state index contributed by atoms with van der Waals surface area (Å²) in [6, 6.07) is 12.8. The maximum atomic E-state index is 10.2. The minimum atomic E-state index is 0.181. The maximum Gasteiger partial charge on any atom is 0.165 e. The van der Waals surface area contributed by atoms with E-state index in [1.54, 1.807) is 12.1 Å². The predicted molar refractivity (Wildman–Crippen MR) is 101 cm³/mol. The second-order valence-corrected chi connectivity index (χ2v) is 6.78. The van der Waals surface area contributed by atoms with Crippen LogP contribution in [0.3, 0.4) is 0 Å². The Hall–Kier alpha value is -2.37. The van der Waals surface area contributed by atoms with Crippen molar-refractivity contribution in [3.8, 4) is 17.1 Å². The zero-order valence-electron chi connectivity index (χ0n) is 14.0. The van der Waals surface area contributed by atoms with Crippen LogP contribution in [0, 0.1) is 0 Å². The number of rotatable bonds is 2. The summed E-state index contributed by atoms with van der Waals surface area (Å²) in [5.41, 5.74) is 1.46. The van der Waals surface area contributed by atoms with Gasteiger partial charge in [0.2, 0.25) is 0 Å². The van der Waals surface area contributed by atoms with Crippen molar-refractivity contribution in [1.82, 2.24) is 14.9 Å². The van der Waals surface area contributed by atoms with Gasteiger partial charge in [-0.1, -0.05) is 23.7 Å². The summed E-state index contributed by atoms with van der Waals surface area (Å²) >= 11 is 6.21. The highest BCUT2D eigenvalue weighted by Gasteiger charge is 2.20. The highest BCUT2D eigenvalue weighted by Crippen LogP contribution is 2.32. The van der Waals surface area contributed by atoms with Crippen molar-refractivity contribution in [2.45, 2.75) is 0 Å². The third kappa shape index (κ3) is 3.13. The molecule has 0 atom stereocenters. The average molecular weight is 355 g/mol. The molecule has 5 nitrogen and oxygen atoms in total. The Balaban J connectivity index is 1.89. The lowest BCUT2D eigenvalue weighted by atomic mass is 10.1. The van der Waals surface area contributed by atoms with E-state index >= 15 is 0 Å². The Labute approximate surface area is 151 Å². The molecule has 1 aliphatic rings. The van der Waals surface area contributed by atoms with Crippen molar-refractivity contribution < 1.29 is 5.11 Å². The number of para-hydroxylation sites is 1. The number of halogens is 1.